The van der Waals surface area contributed by atoms with Crippen LogP contribution in [0, 0.1) is 0 Å². The molecule has 7 nitrogen and oxygen atoms in total. The summed E-state index contributed by atoms with van der Waals surface area (Å²) in [5.41, 5.74) is 2.63. The smallest absolute Gasteiger partial charge is 0.408 e. The maximum atomic E-state index is 12.4. The fourth-order valence-corrected chi connectivity index (χ4v) is 2.78. The standard InChI is InChI=1S/C21H24N2O5/c1-15(2)27-11-10-26-14-16-6-5-7-17(12-16)22-20(24)13-23-18-8-3-4-9-19(18)28-21(23)25/h3-9,12,15H,10-11,13-14H2,1-2H3,(H,22,24). The molecule has 1 aromatic heterocycles. The zero-order valence-electron chi connectivity index (χ0n) is 16.0. The number of amides is 1. The number of nitrogens with zero attached hydrogens (tertiary/aromatic N) is 1. The molecule has 0 aliphatic heterocycles. The van der Waals surface area contributed by atoms with E-state index >= 15 is 0 Å². The minimum Gasteiger partial charge on any atom is -0.408 e. The number of para-hydroxylation sites is 2. The van der Waals surface area contributed by atoms with E-state index in [1.807, 2.05) is 32.0 Å². The molecule has 0 atom stereocenters. The summed E-state index contributed by atoms with van der Waals surface area (Å²) in [6.07, 6.45) is 0.182. The van der Waals surface area contributed by atoms with Crippen LogP contribution in [0.5, 0.6) is 0 Å². The van der Waals surface area contributed by atoms with Gasteiger partial charge in [-0.2, -0.15) is 0 Å². The molecule has 3 rings (SSSR count). The van der Waals surface area contributed by atoms with Crippen molar-refractivity contribution in [1.29, 1.82) is 0 Å². The first-order valence-electron chi connectivity index (χ1n) is 9.19. The van der Waals surface area contributed by atoms with E-state index in [0.717, 1.165) is 5.56 Å². The third-order valence-electron chi connectivity index (χ3n) is 4.03. The molecule has 148 valence electrons. The number of carbonyl (C=O) groups excluding carboxylic acids is 1. The van der Waals surface area contributed by atoms with Crippen LogP contribution in [0.2, 0.25) is 0 Å². The topological polar surface area (TPSA) is 82.7 Å². The quantitative estimate of drug-likeness (QED) is 0.573. The predicted octanol–water partition coefficient (Wildman–Crippen LogP) is 3.17. The van der Waals surface area contributed by atoms with Gasteiger partial charge in [0, 0.05) is 5.69 Å². The molecule has 0 saturated carbocycles. The first-order chi connectivity index (χ1) is 13.5. The van der Waals surface area contributed by atoms with Gasteiger partial charge in [-0.1, -0.05) is 24.3 Å². The maximum absolute atomic E-state index is 12.4. The molecular weight excluding hydrogens is 360 g/mol. The Hall–Kier alpha value is -2.90. The Kier molecular flexibility index (Phi) is 6.62. The van der Waals surface area contributed by atoms with Gasteiger partial charge in [0.1, 0.15) is 6.54 Å². The summed E-state index contributed by atoms with van der Waals surface area (Å²) >= 11 is 0. The van der Waals surface area contributed by atoms with Crippen LogP contribution in [0.3, 0.4) is 0 Å². The Labute approximate surface area is 162 Å². The molecule has 0 unspecified atom stereocenters. The molecule has 3 aromatic rings. The van der Waals surface area contributed by atoms with Gasteiger partial charge >= 0.3 is 5.76 Å². The molecule has 0 aliphatic rings. The zero-order chi connectivity index (χ0) is 19.9. The number of hydrogen-bond acceptors (Lipinski definition) is 5. The molecule has 0 radical (unpaired) electrons. The third kappa shape index (κ3) is 5.31. The largest absolute Gasteiger partial charge is 0.420 e. The van der Waals surface area contributed by atoms with E-state index in [2.05, 4.69) is 5.32 Å². The molecule has 2 aromatic carbocycles. The fraction of sp³-hybridized carbons (Fsp3) is 0.333. The molecule has 0 bridgehead atoms. The summed E-state index contributed by atoms with van der Waals surface area (Å²) in [6.45, 7) is 5.31. The van der Waals surface area contributed by atoms with Crippen LogP contribution < -0.4 is 11.1 Å². The maximum Gasteiger partial charge on any atom is 0.420 e. The summed E-state index contributed by atoms with van der Waals surface area (Å²) in [5.74, 6) is -0.862. The number of ether oxygens (including phenoxy) is 2. The van der Waals surface area contributed by atoms with E-state index in [4.69, 9.17) is 13.9 Å². The molecule has 1 heterocycles. The molecular formula is C21H24N2O5. The van der Waals surface area contributed by atoms with E-state index in [1.165, 1.54) is 4.57 Å². The average Bonchev–Trinajstić information content (AvgIpc) is 2.97. The highest BCUT2D eigenvalue weighted by atomic mass is 16.5. The highest BCUT2D eigenvalue weighted by molar-refractivity contribution is 5.91. The number of anilines is 1. The summed E-state index contributed by atoms with van der Waals surface area (Å²) in [7, 11) is 0. The van der Waals surface area contributed by atoms with E-state index in [9.17, 15) is 9.59 Å². The van der Waals surface area contributed by atoms with E-state index in [0.29, 0.717) is 36.6 Å². The second-order valence-corrected chi connectivity index (χ2v) is 6.64. The van der Waals surface area contributed by atoms with Gasteiger partial charge in [-0.05, 0) is 43.7 Å². The lowest BCUT2D eigenvalue weighted by molar-refractivity contribution is -0.116. The molecule has 28 heavy (non-hydrogen) atoms. The Balaban J connectivity index is 1.57. The van der Waals surface area contributed by atoms with Crippen molar-refractivity contribution in [2.24, 2.45) is 0 Å². The number of fused-ring (bicyclic) bond motifs is 1. The van der Waals surface area contributed by atoms with Crippen molar-refractivity contribution in [2.75, 3.05) is 18.5 Å². The van der Waals surface area contributed by atoms with Crippen LogP contribution in [0.25, 0.3) is 11.1 Å². The molecule has 7 heteroatoms. The van der Waals surface area contributed by atoms with Crippen LogP contribution in [0.15, 0.2) is 57.7 Å². The average molecular weight is 384 g/mol. The van der Waals surface area contributed by atoms with Crippen molar-refractivity contribution in [2.45, 2.75) is 33.1 Å². The van der Waals surface area contributed by atoms with Gasteiger partial charge in [0.2, 0.25) is 5.91 Å². The Bertz CT molecular complexity index is 990. The van der Waals surface area contributed by atoms with Crippen molar-refractivity contribution < 1.29 is 18.7 Å². The van der Waals surface area contributed by atoms with Gasteiger partial charge in [0.15, 0.2) is 5.58 Å². The molecule has 0 fully saturated rings. The normalized spacial score (nSPS) is 11.2. The molecule has 0 saturated heterocycles. The van der Waals surface area contributed by atoms with Crippen molar-refractivity contribution in [3.63, 3.8) is 0 Å². The SMILES string of the molecule is CC(C)OCCOCc1cccc(NC(=O)Cn2c(=O)oc3ccccc32)c1. The Morgan fingerprint density at radius 1 is 1.14 bits per heavy atom. The predicted molar refractivity (Wildman–Crippen MR) is 106 cm³/mol. The minimum absolute atomic E-state index is 0.122. The third-order valence-corrected chi connectivity index (χ3v) is 4.03. The number of carbonyl (C=O) groups is 1. The van der Waals surface area contributed by atoms with E-state index in [-0.39, 0.29) is 18.6 Å². The number of hydrogen-bond donors (Lipinski definition) is 1. The number of nitrogens with one attached hydrogen (secondary N) is 1. The highest BCUT2D eigenvalue weighted by Gasteiger charge is 2.12. The lowest BCUT2D eigenvalue weighted by atomic mass is 10.2. The Morgan fingerprint density at radius 2 is 1.96 bits per heavy atom. The van der Waals surface area contributed by atoms with Crippen molar-refractivity contribution >= 4 is 22.7 Å². The van der Waals surface area contributed by atoms with Gasteiger partial charge in [0.05, 0.1) is 31.4 Å². The van der Waals surface area contributed by atoms with Crippen LogP contribution >= 0.6 is 0 Å². The van der Waals surface area contributed by atoms with Crippen LogP contribution in [-0.2, 0) is 27.4 Å². The Morgan fingerprint density at radius 3 is 2.79 bits per heavy atom. The van der Waals surface area contributed by atoms with Crippen molar-refractivity contribution in [3.8, 4) is 0 Å². The second kappa shape index (κ2) is 9.34. The summed E-state index contributed by atoms with van der Waals surface area (Å²) < 4.78 is 17.5. The van der Waals surface area contributed by atoms with Gasteiger partial charge in [-0.3, -0.25) is 9.36 Å². The lowest BCUT2D eigenvalue weighted by Crippen LogP contribution is -2.24. The number of aromatic nitrogens is 1. The summed E-state index contributed by atoms with van der Waals surface area (Å²) in [6, 6.07) is 14.4. The first-order valence-corrected chi connectivity index (χ1v) is 9.19. The molecule has 0 aliphatic carbocycles. The van der Waals surface area contributed by atoms with Crippen LogP contribution in [-0.4, -0.2) is 29.8 Å². The van der Waals surface area contributed by atoms with Crippen LogP contribution in [0.1, 0.15) is 19.4 Å². The lowest BCUT2D eigenvalue weighted by Gasteiger charge is -2.10. The number of oxazole rings is 1. The van der Waals surface area contributed by atoms with E-state index in [1.54, 1.807) is 30.3 Å². The van der Waals surface area contributed by atoms with Gasteiger partial charge < -0.3 is 19.2 Å². The number of benzene rings is 2. The highest BCUT2D eigenvalue weighted by Crippen LogP contribution is 2.14. The molecule has 0 spiro atoms. The molecule has 1 amide bonds. The number of rotatable bonds is 9. The monoisotopic (exact) mass is 384 g/mol. The zero-order valence-corrected chi connectivity index (χ0v) is 16.0. The van der Waals surface area contributed by atoms with E-state index < -0.39 is 5.76 Å². The minimum atomic E-state index is -0.554. The van der Waals surface area contributed by atoms with Crippen molar-refractivity contribution in [3.05, 3.63) is 64.6 Å². The van der Waals surface area contributed by atoms with Gasteiger partial charge in [-0.15, -0.1) is 0 Å². The first kappa shape index (κ1) is 19.9. The van der Waals surface area contributed by atoms with Crippen LogP contribution in [0.4, 0.5) is 5.69 Å². The fourth-order valence-electron chi connectivity index (χ4n) is 2.78. The second-order valence-electron chi connectivity index (χ2n) is 6.64. The van der Waals surface area contributed by atoms with Gasteiger partial charge in [0.25, 0.3) is 0 Å². The van der Waals surface area contributed by atoms with Crippen molar-refractivity contribution in [1.82, 2.24) is 4.57 Å². The summed E-state index contributed by atoms with van der Waals surface area (Å²) in [4.78, 5) is 24.4. The molecule has 1 N–H and O–H groups in total. The van der Waals surface area contributed by atoms with Gasteiger partial charge in [-0.25, -0.2) is 4.79 Å². The summed E-state index contributed by atoms with van der Waals surface area (Å²) in [5, 5.41) is 2.81.